The normalized spacial score (nSPS) is 31.8. The van der Waals surface area contributed by atoms with E-state index >= 15 is 0 Å². The van der Waals surface area contributed by atoms with Crippen LogP contribution in [0.2, 0.25) is 0 Å². The summed E-state index contributed by atoms with van der Waals surface area (Å²) in [5.74, 6) is 3.22. The second-order valence-electron chi connectivity index (χ2n) is 5.87. The Morgan fingerprint density at radius 1 is 1.29 bits per heavy atom. The van der Waals surface area contributed by atoms with Crippen molar-refractivity contribution >= 4 is 11.8 Å². The van der Waals surface area contributed by atoms with Gasteiger partial charge in [-0.1, -0.05) is 20.8 Å². The van der Waals surface area contributed by atoms with Crippen LogP contribution in [-0.4, -0.2) is 35.8 Å². The Bertz CT molecular complexity index is 210. The van der Waals surface area contributed by atoms with Gasteiger partial charge in [0, 0.05) is 17.9 Å². The molecule has 0 bridgehead atoms. The first-order valence-electron chi connectivity index (χ1n) is 6.98. The van der Waals surface area contributed by atoms with Crippen LogP contribution in [-0.2, 0) is 0 Å². The summed E-state index contributed by atoms with van der Waals surface area (Å²) in [6, 6.07) is 0.667. The molecule has 2 nitrogen and oxygen atoms in total. The summed E-state index contributed by atoms with van der Waals surface area (Å²) < 4.78 is 0. The highest BCUT2D eigenvalue weighted by Crippen LogP contribution is 2.36. The van der Waals surface area contributed by atoms with Gasteiger partial charge in [-0.3, -0.25) is 0 Å². The quantitative estimate of drug-likeness (QED) is 0.769. The first kappa shape index (κ1) is 15.3. The largest absolute Gasteiger partial charge is 0.396 e. The molecule has 1 rings (SSSR count). The van der Waals surface area contributed by atoms with Crippen LogP contribution in [0.15, 0.2) is 0 Å². The highest BCUT2D eigenvalue weighted by Gasteiger charge is 2.31. The number of hydrogen-bond donors (Lipinski definition) is 2. The van der Waals surface area contributed by atoms with Crippen LogP contribution in [0.25, 0.3) is 0 Å². The lowest BCUT2D eigenvalue weighted by Crippen LogP contribution is -2.42. The van der Waals surface area contributed by atoms with Gasteiger partial charge in [0.1, 0.15) is 0 Å². The molecule has 0 spiro atoms. The summed E-state index contributed by atoms with van der Waals surface area (Å²) in [7, 11) is 2.09. The van der Waals surface area contributed by atoms with E-state index < -0.39 is 0 Å². The average molecular weight is 259 g/mol. The fraction of sp³-hybridized carbons (Fsp3) is 1.00. The van der Waals surface area contributed by atoms with E-state index in [1.165, 1.54) is 19.3 Å². The van der Waals surface area contributed by atoms with Crippen LogP contribution in [0.5, 0.6) is 0 Å². The maximum Gasteiger partial charge on any atom is 0.0464 e. The highest BCUT2D eigenvalue weighted by atomic mass is 32.2. The number of thioether (sulfide) groups is 1. The zero-order chi connectivity index (χ0) is 12.8. The van der Waals surface area contributed by atoms with E-state index in [2.05, 4.69) is 44.9 Å². The first-order valence-corrected chi connectivity index (χ1v) is 8.03. The molecule has 0 aromatic heterocycles. The van der Waals surface area contributed by atoms with Crippen LogP contribution in [0.3, 0.4) is 0 Å². The van der Waals surface area contributed by atoms with Gasteiger partial charge in [-0.2, -0.15) is 11.8 Å². The summed E-state index contributed by atoms with van der Waals surface area (Å²) in [5.41, 5.74) is 0. The van der Waals surface area contributed by atoms with E-state index in [1.54, 1.807) is 0 Å². The molecule has 0 radical (unpaired) electrons. The van der Waals surface area contributed by atoms with Gasteiger partial charge in [-0.15, -0.1) is 0 Å². The second-order valence-corrected chi connectivity index (χ2v) is 7.14. The van der Waals surface area contributed by atoms with Crippen molar-refractivity contribution in [3.05, 3.63) is 0 Å². The summed E-state index contributed by atoms with van der Waals surface area (Å²) in [6.07, 6.45) is 4.02. The fourth-order valence-electron chi connectivity index (χ4n) is 2.62. The first-order chi connectivity index (χ1) is 8.08. The van der Waals surface area contributed by atoms with Gasteiger partial charge in [-0.05, 0) is 49.8 Å². The van der Waals surface area contributed by atoms with E-state index in [-0.39, 0.29) is 0 Å². The number of nitrogens with one attached hydrogen (secondary N) is 1. The predicted molar refractivity (Wildman–Crippen MR) is 77.5 cm³/mol. The molecule has 4 atom stereocenters. The van der Waals surface area contributed by atoms with Gasteiger partial charge in [0.25, 0.3) is 0 Å². The van der Waals surface area contributed by atoms with Crippen molar-refractivity contribution in [3.8, 4) is 0 Å². The van der Waals surface area contributed by atoms with Crippen LogP contribution < -0.4 is 5.32 Å². The third kappa shape index (κ3) is 4.80. The minimum atomic E-state index is 0.317. The lowest BCUT2D eigenvalue weighted by Gasteiger charge is -2.37. The number of rotatable bonds is 6. The lowest BCUT2D eigenvalue weighted by molar-refractivity contribution is 0.245. The summed E-state index contributed by atoms with van der Waals surface area (Å²) in [5, 5.41) is 13.3. The Kier molecular flexibility index (Phi) is 6.90. The molecule has 17 heavy (non-hydrogen) atoms. The SMILES string of the molecule is CNC1CCC(C(C)C)CC1SCC(C)CO. The third-order valence-corrected chi connectivity index (χ3v) is 5.76. The van der Waals surface area contributed by atoms with Crippen molar-refractivity contribution in [3.63, 3.8) is 0 Å². The van der Waals surface area contributed by atoms with Gasteiger partial charge in [-0.25, -0.2) is 0 Å². The zero-order valence-corrected chi connectivity index (χ0v) is 12.6. The molecule has 1 aliphatic rings. The van der Waals surface area contributed by atoms with Crippen molar-refractivity contribution in [2.45, 2.75) is 51.3 Å². The van der Waals surface area contributed by atoms with Gasteiger partial charge in [0.2, 0.25) is 0 Å². The number of aliphatic hydroxyl groups is 1. The zero-order valence-electron chi connectivity index (χ0n) is 11.8. The molecule has 0 saturated heterocycles. The molecule has 2 N–H and O–H groups in total. The van der Waals surface area contributed by atoms with E-state index in [1.807, 2.05) is 0 Å². The topological polar surface area (TPSA) is 32.3 Å². The molecule has 1 fully saturated rings. The molecule has 1 aliphatic carbocycles. The predicted octanol–water partition coefficient (Wildman–Crippen LogP) is 2.76. The fourth-order valence-corrected chi connectivity index (χ4v) is 4.19. The van der Waals surface area contributed by atoms with Crippen LogP contribution in [0.4, 0.5) is 0 Å². The average Bonchev–Trinajstić information content (AvgIpc) is 2.35. The molecule has 0 aromatic carbocycles. The van der Waals surface area contributed by atoms with Gasteiger partial charge in [0.05, 0.1) is 0 Å². The van der Waals surface area contributed by atoms with Crippen molar-refractivity contribution < 1.29 is 5.11 Å². The minimum absolute atomic E-state index is 0.317. The van der Waals surface area contributed by atoms with Crippen molar-refractivity contribution in [2.75, 3.05) is 19.4 Å². The van der Waals surface area contributed by atoms with E-state index in [0.717, 1.165) is 22.8 Å². The Morgan fingerprint density at radius 3 is 2.53 bits per heavy atom. The molecule has 102 valence electrons. The summed E-state index contributed by atoms with van der Waals surface area (Å²) in [6.45, 7) is 7.15. The van der Waals surface area contributed by atoms with Gasteiger partial charge < -0.3 is 10.4 Å². The summed E-state index contributed by atoms with van der Waals surface area (Å²) >= 11 is 2.06. The molecule has 0 amide bonds. The monoisotopic (exact) mass is 259 g/mol. The van der Waals surface area contributed by atoms with Gasteiger partial charge in [0.15, 0.2) is 0 Å². The molecular weight excluding hydrogens is 230 g/mol. The maximum absolute atomic E-state index is 9.10. The Balaban J connectivity index is 2.45. The van der Waals surface area contributed by atoms with E-state index in [9.17, 15) is 0 Å². The molecular formula is C14H29NOS. The number of aliphatic hydroxyl groups excluding tert-OH is 1. The molecule has 0 heterocycles. The Labute approximate surface area is 111 Å². The van der Waals surface area contributed by atoms with Crippen molar-refractivity contribution in [1.82, 2.24) is 5.32 Å². The third-order valence-electron chi connectivity index (χ3n) is 4.05. The lowest BCUT2D eigenvalue weighted by atomic mass is 9.79. The summed E-state index contributed by atoms with van der Waals surface area (Å²) in [4.78, 5) is 0. The molecule has 3 heteroatoms. The molecule has 4 unspecified atom stereocenters. The van der Waals surface area contributed by atoms with Crippen molar-refractivity contribution in [2.24, 2.45) is 17.8 Å². The van der Waals surface area contributed by atoms with Crippen LogP contribution >= 0.6 is 11.8 Å². The standard InChI is InChI=1S/C14H29NOS/c1-10(2)12-5-6-13(15-4)14(7-12)17-9-11(3)8-16/h10-16H,5-9H2,1-4H3. The smallest absolute Gasteiger partial charge is 0.0464 e. The number of hydrogen-bond acceptors (Lipinski definition) is 3. The Hall–Kier alpha value is 0.270. The molecule has 0 aliphatic heterocycles. The Morgan fingerprint density at radius 2 is 2.00 bits per heavy atom. The van der Waals surface area contributed by atoms with Crippen LogP contribution in [0, 0.1) is 17.8 Å². The second kappa shape index (κ2) is 7.65. The van der Waals surface area contributed by atoms with Gasteiger partial charge >= 0.3 is 0 Å². The van der Waals surface area contributed by atoms with E-state index in [0.29, 0.717) is 18.6 Å². The molecule has 0 aromatic rings. The maximum atomic E-state index is 9.10. The van der Waals surface area contributed by atoms with Crippen LogP contribution in [0.1, 0.15) is 40.0 Å². The highest BCUT2D eigenvalue weighted by molar-refractivity contribution is 7.99. The van der Waals surface area contributed by atoms with E-state index in [4.69, 9.17) is 5.11 Å². The minimum Gasteiger partial charge on any atom is -0.396 e. The van der Waals surface area contributed by atoms with Crippen molar-refractivity contribution in [1.29, 1.82) is 0 Å². The molecule has 1 saturated carbocycles.